The van der Waals surface area contributed by atoms with Crippen molar-refractivity contribution in [1.29, 1.82) is 0 Å². The molecule has 130 valence electrons. The maximum absolute atomic E-state index is 12.2. The minimum atomic E-state index is -0.326. The summed E-state index contributed by atoms with van der Waals surface area (Å²) in [6.45, 7) is 8.75. The molecule has 3 N–H and O–H groups in total. The number of anilines is 1. The number of fused-ring (bicyclic) bond motifs is 1. The molecule has 0 saturated heterocycles. The number of benzene rings is 1. The first-order valence-corrected chi connectivity index (χ1v) is 7.58. The van der Waals surface area contributed by atoms with Crippen molar-refractivity contribution < 1.29 is 14.3 Å². The number of hydrogen-bond acceptors (Lipinski definition) is 5. The molecular weight excluding hydrogens is 318 g/mol. The zero-order valence-corrected chi connectivity index (χ0v) is 14.7. The van der Waals surface area contributed by atoms with Crippen LogP contribution in [0.25, 0.3) is 0 Å². The molecule has 7 heteroatoms. The SMILES string of the molecule is CCN(CC(=O)Nc1ccc2c(c1)OCCO2)CC(C)(C)N.Cl. The van der Waals surface area contributed by atoms with Gasteiger partial charge in [0.25, 0.3) is 0 Å². The lowest BCUT2D eigenvalue weighted by atomic mass is 10.1. The lowest BCUT2D eigenvalue weighted by molar-refractivity contribution is -0.117. The highest BCUT2D eigenvalue weighted by Gasteiger charge is 2.18. The fraction of sp³-hybridized carbons (Fsp3) is 0.562. The zero-order chi connectivity index (χ0) is 16.2. The summed E-state index contributed by atoms with van der Waals surface area (Å²) in [5.41, 5.74) is 6.39. The van der Waals surface area contributed by atoms with Gasteiger partial charge in [-0.05, 0) is 32.5 Å². The smallest absolute Gasteiger partial charge is 0.238 e. The fourth-order valence-corrected chi connectivity index (χ4v) is 2.38. The molecule has 1 amide bonds. The summed E-state index contributed by atoms with van der Waals surface area (Å²) in [7, 11) is 0. The second-order valence-electron chi connectivity index (χ2n) is 6.20. The summed E-state index contributed by atoms with van der Waals surface area (Å²) in [6, 6.07) is 5.41. The van der Waals surface area contributed by atoms with Crippen LogP contribution in [-0.2, 0) is 4.79 Å². The molecule has 1 aliphatic rings. The third-order valence-electron chi connectivity index (χ3n) is 3.27. The molecule has 0 saturated carbocycles. The van der Waals surface area contributed by atoms with Crippen molar-refractivity contribution in [2.45, 2.75) is 26.3 Å². The van der Waals surface area contributed by atoms with Crippen molar-refractivity contribution in [2.24, 2.45) is 5.73 Å². The lowest BCUT2D eigenvalue weighted by Crippen LogP contribution is -2.47. The number of ether oxygens (including phenoxy) is 2. The van der Waals surface area contributed by atoms with Gasteiger partial charge in [0.1, 0.15) is 13.2 Å². The normalized spacial score (nSPS) is 13.4. The van der Waals surface area contributed by atoms with Crippen molar-refractivity contribution in [3.8, 4) is 11.5 Å². The Labute approximate surface area is 143 Å². The number of amides is 1. The third kappa shape index (κ3) is 6.25. The highest BCUT2D eigenvalue weighted by molar-refractivity contribution is 5.92. The quantitative estimate of drug-likeness (QED) is 0.824. The molecule has 1 heterocycles. The average molecular weight is 344 g/mol. The van der Waals surface area contributed by atoms with E-state index < -0.39 is 0 Å². The number of rotatable bonds is 6. The van der Waals surface area contributed by atoms with Crippen LogP contribution in [0.1, 0.15) is 20.8 Å². The van der Waals surface area contributed by atoms with Crippen molar-refractivity contribution in [2.75, 3.05) is 38.2 Å². The molecule has 0 spiro atoms. The summed E-state index contributed by atoms with van der Waals surface area (Å²) >= 11 is 0. The third-order valence-corrected chi connectivity index (χ3v) is 3.27. The Balaban J connectivity index is 0.00000264. The van der Waals surface area contributed by atoms with Gasteiger partial charge in [0.15, 0.2) is 11.5 Å². The Morgan fingerprint density at radius 1 is 1.30 bits per heavy atom. The molecule has 1 aromatic carbocycles. The van der Waals surface area contributed by atoms with Gasteiger partial charge in [0.05, 0.1) is 6.54 Å². The summed E-state index contributed by atoms with van der Waals surface area (Å²) in [5.74, 6) is 1.31. The summed E-state index contributed by atoms with van der Waals surface area (Å²) in [6.07, 6.45) is 0. The van der Waals surface area contributed by atoms with Gasteiger partial charge in [0.2, 0.25) is 5.91 Å². The number of halogens is 1. The largest absolute Gasteiger partial charge is 0.486 e. The summed E-state index contributed by atoms with van der Waals surface area (Å²) in [5, 5.41) is 2.89. The van der Waals surface area contributed by atoms with Gasteiger partial charge in [-0.1, -0.05) is 6.92 Å². The number of nitrogens with one attached hydrogen (secondary N) is 1. The molecule has 0 aromatic heterocycles. The van der Waals surface area contributed by atoms with Crippen molar-refractivity contribution >= 4 is 24.0 Å². The Bertz CT molecular complexity index is 532. The monoisotopic (exact) mass is 343 g/mol. The molecule has 0 fully saturated rings. The van der Waals surface area contributed by atoms with E-state index in [9.17, 15) is 4.79 Å². The lowest BCUT2D eigenvalue weighted by Gasteiger charge is -2.28. The minimum absolute atomic E-state index is 0. The maximum atomic E-state index is 12.2. The van der Waals surface area contributed by atoms with Gasteiger partial charge >= 0.3 is 0 Å². The molecule has 1 aromatic rings. The predicted molar refractivity (Wildman–Crippen MR) is 93.7 cm³/mol. The van der Waals surface area contributed by atoms with E-state index in [1.807, 2.05) is 37.8 Å². The highest BCUT2D eigenvalue weighted by atomic mass is 35.5. The van der Waals surface area contributed by atoms with E-state index in [2.05, 4.69) is 5.32 Å². The number of nitrogens with two attached hydrogens (primary N) is 1. The predicted octanol–water partition coefficient (Wildman–Crippen LogP) is 1.88. The number of hydrogen-bond donors (Lipinski definition) is 2. The molecule has 0 unspecified atom stereocenters. The number of carbonyl (C=O) groups excluding carboxylic acids is 1. The highest BCUT2D eigenvalue weighted by Crippen LogP contribution is 2.32. The Morgan fingerprint density at radius 2 is 1.96 bits per heavy atom. The number of likely N-dealkylation sites (N-methyl/N-ethyl adjacent to an activating group) is 1. The van der Waals surface area contributed by atoms with Crippen LogP contribution in [0, 0.1) is 0 Å². The second-order valence-corrected chi connectivity index (χ2v) is 6.20. The van der Waals surface area contributed by atoms with E-state index in [1.165, 1.54) is 0 Å². The van der Waals surface area contributed by atoms with Crippen molar-refractivity contribution in [3.05, 3.63) is 18.2 Å². The van der Waals surface area contributed by atoms with E-state index in [1.54, 1.807) is 6.07 Å². The Hall–Kier alpha value is -1.50. The van der Waals surface area contributed by atoms with Crippen LogP contribution in [0.4, 0.5) is 5.69 Å². The van der Waals surface area contributed by atoms with E-state index in [-0.39, 0.29) is 23.9 Å². The molecule has 0 atom stereocenters. The molecule has 0 aliphatic carbocycles. The van der Waals surface area contributed by atoms with Crippen LogP contribution in [0.3, 0.4) is 0 Å². The van der Waals surface area contributed by atoms with Crippen LogP contribution in [0.2, 0.25) is 0 Å². The zero-order valence-electron chi connectivity index (χ0n) is 13.9. The van der Waals surface area contributed by atoms with Crippen molar-refractivity contribution in [1.82, 2.24) is 4.90 Å². The molecule has 23 heavy (non-hydrogen) atoms. The van der Waals surface area contributed by atoms with Gasteiger partial charge in [-0.3, -0.25) is 9.69 Å². The topological polar surface area (TPSA) is 76.8 Å². The summed E-state index contributed by atoms with van der Waals surface area (Å²) < 4.78 is 11.0. The minimum Gasteiger partial charge on any atom is -0.486 e. The van der Waals surface area contributed by atoms with Gasteiger partial charge in [-0.25, -0.2) is 0 Å². The van der Waals surface area contributed by atoms with Crippen LogP contribution in [-0.4, -0.2) is 49.2 Å². The standard InChI is InChI=1S/C16H25N3O3.ClH/c1-4-19(11-16(2,3)17)10-15(20)18-12-5-6-13-14(9-12)22-8-7-21-13;/h5-6,9H,4,7-8,10-11,17H2,1-3H3,(H,18,20);1H. The molecular formula is C16H26ClN3O3. The van der Waals surface area contributed by atoms with Crippen LogP contribution >= 0.6 is 12.4 Å². The van der Waals surface area contributed by atoms with Gasteiger partial charge in [0, 0.05) is 23.8 Å². The van der Waals surface area contributed by atoms with Gasteiger partial charge < -0.3 is 20.5 Å². The van der Waals surface area contributed by atoms with E-state index in [0.29, 0.717) is 43.5 Å². The number of carbonyl (C=O) groups is 1. The molecule has 0 radical (unpaired) electrons. The van der Waals surface area contributed by atoms with E-state index >= 15 is 0 Å². The number of nitrogens with zero attached hydrogens (tertiary/aromatic N) is 1. The van der Waals surface area contributed by atoms with Crippen molar-refractivity contribution in [3.63, 3.8) is 0 Å². The van der Waals surface area contributed by atoms with Gasteiger partial charge in [-0.15, -0.1) is 12.4 Å². The summed E-state index contributed by atoms with van der Waals surface area (Å²) in [4.78, 5) is 14.2. The second kappa shape index (κ2) is 8.38. The van der Waals surface area contributed by atoms with E-state index in [0.717, 1.165) is 6.54 Å². The molecule has 2 rings (SSSR count). The first-order valence-electron chi connectivity index (χ1n) is 7.58. The molecule has 1 aliphatic heterocycles. The fourth-order valence-electron chi connectivity index (χ4n) is 2.38. The molecule has 6 nitrogen and oxygen atoms in total. The molecule has 0 bridgehead atoms. The Kier molecular flexibility index (Phi) is 7.12. The van der Waals surface area contributed by atoms with E-state index in [4.69, 9.17) is 15.2 Å². The van der Waals surface area contributed by atoms with Crippen LogP contribution < -0.4 is 20.5 Å². The Morgan fingerprint density at radius 3 is 2.57 bits per heavy atom. The van der Waals surface area contributed by atoms with Crippen LogP contribution in [0.15, 0.2) is 18.2 Å². The van der Waals surface area contributed by atoms with Gasteiger partial charge in [-0.2, -0.15) is 0 Å². The maximum Gasteiger partial charge on any atom is 0.238 e. The van der Waals surface area contributed by atoms with Crippen LogP contribution in [0.5, 0.6) is 11.5 Å². The first kappa shape index (κ1) is 19.5. The average Bonchev–Trinajstić information content (AvgIpc) is 2.45. The first-order chi connectivity index (χ1) is 10.4.